The summed E-state index contributed by atoms with van der Waals surface area (Å²) in [6.45, 7) is 3.47. The zero-order valence-electron chi connectivity index (χ0n) is 13.0. The minimum Gasteiger partial charge on any atom is -0.507 e. The molecule has 3 aromatic rings. The Labute approximate surface area is 137 Å². The largest absolute Gasteiger partial charge is 0.507 e. The number of rotatable bonds is 2. The molecular weight excluding hydrogens is 314 g/mol. The van der Waals surface area contributed by atoms with Crippen molar-refractivity contribution in [2.75, 3.05) is 0 Å². The van der Waals surface area contributed by atoms with Crippen LogP contribution >= 0.6 is 0 Å². The maximum Gasteiger partial charge on any atom is 0.282 e. The van der Waals surface area contributed by atoms with Gasteiger partial charge in [0, 0.05) is 17.3 Å². The van der Waals surface area contributed by atoms with Crippen LogP contribution in [0.4, 0.5) is 8.78 Å². The lowest BCUT2D eigenvalue weighted by atomic mass is 10.0. The van der Waals surface area contributed by atoms with Gasteiger partial charge in [-0.05, 0) is 49.7 Å². The Balaban J connectivity index is 2.09. The van der Waals surface area contributed by atoms with Crippen molar-refractivity contribution in [3.8, 4) is 16.9 Å². The number of halogens is 2. The van der Waals surface area contributed by atoms with E-state index in [1.54, 1.807) is 19.9 Å². The van der Waals surface area contributed by atoms with Crippen molar-refractivity contribution in [2.45, 2.75) is 13.8 Å². The summed E-state index contributed by atoms with van der Waals surface area (Å²) in [5, 5.41) is 14.1. The summed E-state index contributed by atoms with van der Waals surface area (Å²) in [4.78, 5) is 12.6. The highest BCUT2D eigenvalue weighted by molar-refractivity contribution is 5.99. The van der Waals surface area contributed by atoms with Crippen LogP contribution in [0, 0.1) is 25.5 Å². The number of phenols is 1. The molecule has 1 heterocycles. The van der Waals surface area contributed by atoms with E-state index >= 15 is 0 Å². The lowest BCUT2D eigenvalue weighted by molar-refractivity contribution is 0.0939. The Hall–Kier alpha value is -3.02. The molecule has 0 amide bonds. The first-order valence-corrected chi connectivity index (χ1v) is 7.23. The van der Waals surface area contributed by atoms with Gasteiger partial charge >= 0.3 is 0 Å². The molecule has 2 aromatic carbocycles. The van der Waals surface area contributed by atoms with E-state index in [1.807, 2.05) is 0 Å². The number of hydrogen-bond acceptors (Lipinski definition) is 3. The Morgan fingerprint density at radius 3 is 2.46 bits per heavy atom. The van der Waals surface area contributed by atoms with E-state index in [2.05, 4.69) is 5.10 Å². The van der Waals surface area contributed by atoms with Crippen LogP contribution in [0.2, 0.25) is 0 Å². The first-order valence-electron chi connectivity index (χ1n) is 7.23. The maximum absolute atomic E-state index is 14.0. The number of aromatic hydroxyl groups is 1. The highest BCUT2D eigenvalue weighted by atomic mass is 19.1. The Morgan fingerprint density at radius 2 is 1.83 bits per heavy atom. The zero-order chi connectivity index (χ0) is 17.4. The van der Waals surface area contributed by atoms with E-state index in [-0.39, 0.29) is 16.9 Å². The SMILES string of the molecule is Cc1cc(C)n(C(=O)c2cc(-c3ccc(F)cc3F)ccc2O)n1. The summed E-state index contributed by atoms with van der Waals surface area (Å²) < 4.78 is 28.2. The molecule has 1 aromatic heterocycles. The van der Waals surface area contributed by atoms with Crippen molar-refractivity contribution in [3.63, 3.8) is 0 Å². The number of aryl methyl sites for hydroxylation is 2. The lowest BCUT2D eigenvalue weighted by Crippen LogP contribution is -2.15. The monoisotopic (exact) mass is 328 g/mol. The molecule has 0 atom stereocenters. The number of phenolic OH excluding ortho intramolecular Hbond substituents is 1. The summed E-state index contributed by atoms with van der Waals surface area (Å²) in [5.74, 6) is -2.19. The van der Waals surface area contributed by atoms with E-state index < -0.39 is 17.5 Å². The molecular formula is C18H14F2N2O2. The van der Waals surface area contributed by atoms with Gasteiger partial charge in [-0.2, -0.15) is 5.10 Å². The highest BCUT2D eigenvalue weighted by Gasteiger charge is 2.18. The first-order chi connectivity index (χ1) is 11.4. The van der Waals surface area contributed by atoms with Crippen LogP contribution in [0.3, 0.4) is 0 Å². The third kappa shape index (κ3) is 2.78. The normalized spacial score (nSPS) is 10.8. The second-order valence-corrected chi connectivity index (χ2v) is 5.50. The van der Waals surface area contributed by atoms with Crippen molar-refractivity contribution < 1.29 is 18.7 Å². The molecule has 0 unspecified atom stereocenters. The zero-order valence-corrected chi connectivity index (χ0v) is 13.0. The van der Waals surface area contributed by atoms with Crippen molar-refractivity contribution >= 4 is 5.91 Å². The van der Waals surface area contributed by atoms with Gasteiger partial charge in [0.05, 0.1) is 11.3 Å². The standard InChI is InChI=1S/C18H14F2N2O2/c1-10-7-11(2)22(21-10)18(24)15-8-12(3-6-17(15)23)14-5-4-13(19)9-16(14)20/h3-9,23H,1-2H3. The lowest BCUT2D eigenvalue weighted by Gasteiger charge is -2.09. The van der Waals surface area contributed by atoms with E-state index in [1.165, 1.54) is 28.9 Å². The summed E-state index contributed by atoms with van der Waals surface area (Å²) in [7, 11) is 0. The molecule has 24 heavy (non-hydrogen) atoms. The molecule has 4 nitrogen and oxygen atoms in total. The second kappa shape index (κ2) is 5.88. The number of nitrogens with zero attached hydrogens (tertiary/aromatic N) is 2. The van der Waals surface area contributed by atoms with Gasteiger partial charge in [0.2, 0.25) is 0 Å². The molecule has 0 saturated heterocycles. The maximum atomic E-state index is 14.0. The van der Waals surface area contributed by atoms with Crippen LogP contribution in [-0.4, -0.2) is 20.8 Å². The number of carbonyl (C=O) groups excluding carboxylic acids is 1. The quantitative estimate of drug-likeness (QED) is 0.777. The Kier molecular flexibility index (Phi) is 3.89. The number of aromatic nitrogens is 2. The fraction of sp³-hybridized carbons (Fsp3) is 0.111. The summed E-state index contributed by atoms with van der Waals surface area (Å²) in [6.07, 6.45) is 0. The van der Waals surface area contributed by atoms with Crippen LogP contribution in [-0.2, 0) is 0 Å². The number of carbonyl (C=O) groups is 1. The van der Waals surface area contributed by atoms with Crippen molar-refractivity contribution in [1.29, 1.82) is 0 Å². The smallest absolute Gasteiger partial charge is 0.282 e. The topological polar surface area (TPSA) is 55.1 Å². The van der Waals surface area contributed by atoms with Gasteiger partial charge in [0.25, 0.3) is 5.91 Å². The minimum absolute atomic E-state index is 0.0116. The second-order valence-electron chi connectivity index (χ2n) is 5.50. The fourth-order valence-electron chi connectivity index (χ4n) is 2.55. The predicted molar refractivity (Wildman–Crippen MR) is 84.9 cm³/mol. The minimum atomic E-state index is -0.745. The number of benzene rings is 2. The van der Waals surface area contributed by atoms with Gasteiger partial charge in [0.1, 0.15) is 17.4 Å². The van der Waals surface area contributed by atoms with E-state index in [0.717, 1.165) is 12.1 Å². The average Bonchev–Trinajstić information content (AvgIpc) is 2.86. The molecule has 0 spiro atoms. The molecule has 3 rings (SSSR count). The third-order valence-electron chi connectivity index (χ3n) is 3.67. The summed E-state index contributed by atoms with van der Waals surface area (Å²) in [5.41, 5.74) is 1.77. The molecule has 0 bridgehead atoms. The summed E-state index contributed by atoms with van der Waals surface area (Å²) >= 11 is 0. The van der Waals surface area contributed by atoms with E-state index in [0.29, 0.717) is 17.0 Å². The van der Waals surface area contributed by atoms with Gasteiger partial charge in [-0.25, -0.2) is 13.5 Å². The molecule has 0 saturated carbocycles. The van der Waals surface area contributed by atoms with Crippen molar-refractivity contribution in [3.05, 3.63) is 71.1 Å². The molecule has 0 aliphatic heterocycles. The summed E-state index contributed by atoms with van der Waals surface area (Å²) in [6, 6.07) is 9.05. The van der Waals surface area contributed by atoms with Crippen LogP contribution in [0.5, 0.6) is 5.75 Å². The van der Waals surface area contributed by atoms with Crippen LogP contribution < -0.4 is 0 Å². The predicted octanol–water partition coefficient (Wildman–Crippen LogP) is 3.84. The van der Waals surface area contributed by atoms with Crippen LogP contribution in [0.15, 0.2) is 42.5 Å². The molecule has 0 radical (unpaired) electrons. The number of hydrogen-bond donors (Lipinski definition) is 1. The van der Waals surface area contributed by atoms with Gasteiger partial charge in [0.15, 0.2) is 0 Å². The van der Waals surface area contributed by atoms with E-state index in [4.69, 9.17) is 0 Å². The Bertz CT molecular complexity index is 948. The van der Waals surface area contributed by atoms with Crippen LogP contribution in [0.1, 0.15) is 21.7 Å². The molecule has 0 fully saturated rings. The molecule has 1 N–H and O–H groups in total. The first kappa shape index (κ1) is 15.9. The molecule has 0 aliphatic rings. The Morgan fingerprint density at radius 1 is 1.08 bits per heavy atom. The van der Waals surface area contributed by atoms with E-state index in [9.17, 15) is 18.7 Å². The fourth-order valence-corrected chi connectivity index (χ4v) is 2.55. The van der Waals surface area contributed by atoms with Gasteiger partial charge < -0.3 is 5.11 Å². The van der Waals surface area contributed by atoms with Gasteiger partial charge in [-0.15, -0.1) is 0 Å². The van der Waals surface area contributed by atoms with Gasteiger partial charge in [-0.1, -0.05) is 6.07 Å². The average molecular weight is 328 g/mol. The molecule has 122 valence electrons. The van der Waals surface area contributed by atoms with Gasteiger partial charge in [-0.3, -0.25) is 4.79 Å². The molecule has 6 heteroatoms. The third-order valence-corrected chi connectivity index (χ3v) is 3.67. The van der Waals surface area contributed by atoms with Crippen molar-refractivity contribution in [1.82, 2.24) is 9.78 Å². The molecule has 0 aliphatic carbocycles. The van der Waals surface area contributed by atoms with Crippen molar-refractivity contribution in [2.24, 2.45) is 0 Å². The highest BCUT2D eigenvalue weighted by Crippen LogP contribution is 2.29. The van der Waals surface area contributed by atoms with Crippen LogP contribution in [0.25, 0.3) is 11.1 Å².